The Kier molecular flexibility index (Phi) is 5.18. The highest BCUT2D eigenvalue weighted by Gasteiger charge is 2.19. The molecule has 5 heteroatoms. The van der Waals surface area contributed by atoms with Crippen LogP contribution in [-0.4, -0.2) is 13.7 Å². The topological polar surface area (TPSA) is 21.3 Å². The first-order chi connectivity index (χ1) is 9.56. The molecule has 1 aromatic heterocycles. The maximum atomic E-state index is 13.9. The number of hydrogen-bond donors (Lipinski definition) is 1. The van der Waals surface area contributed by atoms with Gasteiger partial charge in [-0.25, -0.2) is 4.39 Å². The van der Waals surface area contributed by atoms with Crippen molar-refractivity contribution in [3.63, 3.8) is 0 Å². The molecule has 1 aromatic carbocycles. The molecule has 108 valence electrons. The van der Waals surface area contributed by atoms with Gasteiger partial charge in [0.05, 0.1) is 16.9 Å². The summed E-state index contributed by atoms with van der Waals surface area (Å²) in [7, 11) is 1.47. The van der Waals surface area contributed by atoms with Crippen LogP contribution in [0.15, 0.2) is 28.1 Å². The molecule has 0 saturated carbocycles. The Labute approximate surface area is 131 Å². The third kappa shape index (κ3) is 3.22. The zero-order valence-electron chi connectivity index (χ0n) is 11.7. The average Bonchev–Trinajstić information content (AvgIpc) is 2.74. The van der Waals surface area contributed by atoms with Crippen LogP contribution in [-0.2, 0) is 0 Å². The van der Waals surface area contributed by atoms with Crippen molar-refractivity contribution in [2.45, 2.75) is 19.9 Å². The lowest BCUT2D eigenvalue weighted by Gasteiger charge is -2.19. The van der Waals surface area contributed by atoms with E-state index in [1.165, 1.54) is 23.6 Å². The summed E-state index contributed by atoms with van der Waals surface area (Å²) in [5, 5.41) is 3.41. The third-order valence-corrected chi connectivity index (χ3v) is 4.72. The number of ether oxygens (including phenoxy) is 1. The number of hydrogen-bond acceptors (Lipinski definition) is 3. The fourth-order valence-corrected chi connectivity index (χ4v) is 3.97. The molecule has 2 aromatic rings. The zero-order valence-corrected chi connectivity index (χ0v) is 14.1. The van der Waals surface area contributed by atoms with Crippen LogP contribution in [0.2, 0.25) is 0 Å². The van der Waals surface area contributed by atoms with Crippen molar-refractivity contribution in [3.8, 4) is 5.75 Å². The summed E-state index contributed by atoms with van der Waals surface area (Å²) in [6.45, 7) is 4.93. The first-order valence-corrected chi connectivity index (χ1v) is 8.00. The molecule has 1 heterocycles. The molecule has 0 bridgehead atoms. The van der Waals surface area contributed by atoms with E-state index < -0.39 is 0 Å². The highest BCUT2D eigenvalue weighted by atomic mass is 79.9. The quantitative estimate of drug-likeness (QED) is 0.839. The monoisotopic (exact) mass is 357 g/mol. The molecule has 0 aliphatic carbocycles. The van der Waals surface area contributed by atoms with Gasteiger partial charge in [-0.3, -0.25) is 0 Å². The van der Waals surface area contributed by atoms with Crippen molar-refractivity contribution in [2.24, 2.45) is 0 Å². The number of aryl methyl sites for hydroxylation is 1. The lowest BCUT2D eigenvalue weighted by Crippen LogP contribution is -2.22. The van der Waals surface area contributed by atoms with Gasteiger partial charge in [-0.2, -0.15) is 0 Å². The molecular formula is C15H17BrFNOS. The molecule has 0 radical (unpaired) electrons. The van der Waals surface area contributed by atoms with E-state index in [1.807, 2.05) is 13.0 Å². The minimum absolute atomic E-state index is 0.0112. The number of halogens is 2. The van der Waals surface area contributed by atoms with E-state index in [9.17, 15) is 4.39 Å². The van der Waals surface area contributed by atoms with E-state index >= 15 is 0 Å². The lowest BCUT2D eigenvalue weighted by molar-refractivity contribution is 0.385. The molecule has 0 aliphatic heterocycles. The van der Waals surface area contributed by atoms with Crippen molar-refractivity contribution in [3.05, 3.63) is 49.9 Å². The van der Waals surface area contributed by atoms with Gasteiger partial charge in [-0.15, -0.1) is 11.3 Å². The Morgan fingerprint density at radius 2 is 2.15 bits per heavy atom. The van der Waals surface area contributed by atoms with Gasteiger partial charge in [0.25, 0.3) is 0 Å². The molecule has 2 nitrogen and oxygen atoms in total. The van der Waals surface area contributed by atoms with Gasteiger partial charge in [-0.05, 0) is 58.7 Å². The molecule has 0 spiro atoms. The average molecular weight is 358 g/mol. The standard InChI is InChI=1S/C15H17BrFNOS/c1-4-18-15(11-8-14(16)20-9(11)2)10-5-6-13(19-3)12(17)7-10/h5-8,15,18H,4H2,1-3H3. The summed E-state index contributed by atoms with van der Waals surface area (Å²) in [6, 6.07) is 7.20. The molecule has 0 saturated heterocycles. The third-order valence-electron chi connectivity index (χ3n) is 3.15. The normalized spacial score (nSPS) is 12.4. The van der Waals surface area contributed by atoms with Crippen molar-refractivity contribution in [1.29, 1.82) is 0 Å². The van der Waals surface area contributed by atoms with E-state index in [-0.39, 0.29) is 17.6 Å². The number of methoxy groups -OCH3 is 1. The van der Waals surface area contributed by atoms with Crippen LogP contribution in [0.4, 0.5) is 4.39 Å². The van der Waals surface area contributed by atoms with Gasteiger partial charge in [0.2, 0.25) is 0 Å². The Morgan fingerprint density at radius 3 is 2.65 bits per heavy atom. The zero-order chi connectivity index (χ0) is 14.7. The second-order valence-corrected chi connectivity index (χ2v) is 7.08. The summed E-state index contributed by atoms with van der Waals surface area (Å²) >= 11 is 5.20. The summed E-state index contributed by atoms with van der Waals surface area (Å²) in [5.41, 5.74) is 2.08. The van der Waals surface area contributed by atoms with Crippen LogP contribution in [0, 0.1) is 12.7 Å². The van der Waals surface area contributed by atoms with E-state index in [0.717, 1.165) is 15.9 Å². The van der Waals surface area contributed by atoms with Gasteiger partial charge in [0.15, 0.2) is 11.6 Å². The molecule has 1 unspecified atom stereocenters. The minimum atomic E-state index is -0.333. The highest BCUT2D eigenvalue weighted by Crippen LogP contribution is 2.34. The first kappa shape index (κ1) is 15.5. The van der Waals surface area contributed by atoms with Crippen molar-refractivity contribution in [1.82, 2.24) is 5.32 Å². The van der Waals surface area contributed by atoms with E-state index in [2.05, 4.69) is 34.2 Å². The van der Waals surface area contributed by atoms with Gasteiger partial charge in [-0.1, -0.05) is 13.0 Å². The highest BCUT2D eigenvalue weighted by molar-refractivity contribution is 9.11. The second kappa shape index (κ2) is 6.70. The molecule has 1 N–H and O–H groups in total. The predicted octanol–water partition coefficient (Wildman–Crippen LogP) is 4.67. The SMILES string of the molecule is CCNC(c1ccc(OC)c(F)c1)c1cc(Br)sc1C. The summed E-state index contributed by atoms with van der Waals surface area (Å²) < 4.78 is 20.0. The fourth-order valence-electron chi connectivity index (χ4n) is 2.22. The molecular weight excluding hydrogens is 341 g/mol. The van der Waals surface area contributed by atoms with Crippen LogP contribution < -0.4 is 10.1 Å². The molecule has 2 rings (SSSR count). The second-order valence-electron chi connectivity index (χ2n) is 4.45. The summed E-state index contributed by atoms with van der Waals surface area (Å²) in [5.74, 6) is -0.0629. The largest absolute Gasteiger partial charge is 0.494 e. The maximum Gasteiger partial charge on any atom is 0.165 e. The molecule has 20 heavy (non-hydrogen) atoms. The minimum Gasteiger partial charge on any atom is -0.494 e. The van der Waals surface area contributed by atoms with Crippen molar-refractivity contribution < 1.29 is 9.13 Å². The lowest BCUT2D eigenvalue weighted by atomic mass is 9.99. The Hall–Kier alpha value is -0.910. The Morgan fingerprint density at radius 1 is 1.40 bits per heavy atom. The summed E-state index contributed by atoms with van der Waals surface area (Å²) in [6.07, 6.45) is 0. The first-order valence-electron chi connectivity index (χ1n) is 6.39. The maximum absolute atomic E-state index is 13.9. The van der Waals surface area contributed by atoms with Gasteiger partial charge < -0.3 is 10.1 Å². The van der Waals surface area contributed by atoms with Crippen LogP contribution in [0.3, 0.4) is 0 Å². The Bertz CT molecular complexity index is 600. The number of nitrogens with one attached hydrogen (secondary N) is 1. The molecule has 0 fully saturated rings. The van der Waals surface area contributed by atoms with Crippen LogP contribution in [0.1, 0.15) is 29.0 Å². The predicted molar refractivity (Wildman–Crippen MR) is 85.2 cm³/mol. The smallest absolute Gasteiger partial charge is 0.165 e. The fraction of sp³-hybridized carbons (Fsp3) is 0.333. The van der Waals surface area contributed by atoms with Crippen molar-refractivity contribution in [2.75, 3.05) is 13.7 Å². The van der Waals surface area contributed by atoms with Gasteiger partial charge >= 0.3 is 0 Å². The van der Waals surface area contributed by atoms with Crippen LogP contribution >= 0.6 is 27.3 Å². The van der Waals surface area contributed by atoms with Crippen molar-refractivity contribution >= 4 is 27.3 Å². The number of rotatable bonds is 5. The molecule has 0 amide bonds. The van der Waals surface area contributed by atoms with Gasteiger partial charge in [0.1, 0.15) is 0 Å². The van der Waals surface area contributed by atoms with E-state index in [4.69, 9.17) is 4.74 Å². The van der Waals surface area contributed by atoms with Gasteiger partial charge in [0, 0.05) is 4.88 Å². The number of thiophene rings is 1. The molecule has 0 aliphatic rings. The summed E-state index contributed by atoms with van der Waals surface area (Å²) in [4.78, 5) is 1.22. The molecule has 1 atom stereocenters. The number of benzene rings is 1. The van der Waals surface area contributed by atoms with E-state index in [0.29, 0.717) is 0 Å². The van der Waals surface area contributed by atoms with E-state index in [1.54, 1.807) is 17.4 Å². The Balaban J connectivity index is 2.43. The van der Waals surface area contributed by atoms with Crippen LogP contribution in [0.25, 0.3) is 0 Å². The van der Waals surface area contributed by atoms with Crippen LogP contribution in [0.5, 0.6) is 5.75 Å².